The van der Waals surface area contributed by atoms with Crippen molar-refractivity contribution in [3.63, 3.8) is 0 Å². The number of nitrogens with one attached hydrogen (secondary N) is 2. The molecular formula is C26H26N4O2S. The minimum absolute atomic E-state index is 0.0338. The molecule has 0 spiro atoms. The molecule has 1 amide bonds. The zero-order valence-corrected chi connectivity index (χ0v) is 19.6. The minimum Gasteiger partial charge on any atom is -0.356 e. The van der Waals surface area contributed by atoms with Crippen LogP contribution in [0.5, 0.6) is 0 Å². The number of aryl methyl sites for hydroxylation is 1. The molecule has 0 bridgehead atoms. The highest BCUT2D eigenvalue weighted by atomic mass is 32.2. The van der Waals surface area contributed by atoms with Crippen molar-refractivity contribution < 1.29 is 4.79 Å². The van der Waals surface area contributed by atoms with Crippen LogP contribution in [-0.4, -0.2) is 24.0 Å². The van der Waals surface area contributed by atoms with Crippen molar-refractivity contribution in [1.29, 1.82) is 5.26 Å². The fourth-order valence-corrected chi connectivity index (χ4v) is 5.33. The Hall–Kier alpha value is -3.50. The molecule has 0 saturated heterocycles. The van der Waals surface area contributed by atoms with E-state index in [-0.39, 0.29) is 17.0 Å². The number of carbonyl (C=O) groups is 1. The van der Waals surface area contributed by atoms with Gasteiger partial charge in [0.15, 0.2) is 0 Å². The van der Waals surface area contributed by atoms with Gasteiger partial charge in [-0.05, 0) is 62.1 Å². The summed E-state index contributed by atoms with van der Waals surface area (Å²) < 4.78 is 0. The molecule has 0 atom stereocenters. The Bertz CT molecular complexity index is 1250. The minimum atomic E-state index is -0.375. The van der Waals surface area contributed by atoms with E-state index < -0.39 is 0 Å². The fraction of sp³-hybridized carbons (Fsp3) is 0.269. The Labute approximate surface area is 197 Å². The van der Waals surface area contributed by atoms with Crippen LogP contribution in [0.2, 0.25) is 0 Å². The molecule has 0 saturated carbocycles. The average Bonchev–Trinajstić information content (AvgIpc) is 2.81. The first-order chi connectivity index (χ1) is 16.0. The molecule has 1 aromatic heterocycles. The van der Waals surface area contributed by atoms with Crippen LogP contribution in [0.3, 0.4) is 0 Å². The van der Waals surface area contributed by atoms with Gasteiger partial charge in [-0.1, -0.05) is 36.0 Å². The zero-order valence-electron chi connectivity index (χ0n) is 18.8. The number of carbonyl (C=O) groups excluding carboxylic acids is 1. The predicted octanol–water partition coefficient (Wildman–Crippen LogP) is 4.61. The summed E-state index contributed by atoms with van der Waals surface area (Å²) in [6, 6.07) is 18.8. The van der Waals surface area contributed by atoms with Gasteiger partial charge < -0.3 is 15.2 Å². The molecule has 33 heavy (non-hydrogen) atoms. The Morgan fingerprint density at radius 3 is 2.36 bits per heavy atom. The van der Waals surface area contributed by atoms with Crippen LogP contribution in [-0.2, 0) is 11.2 Å². The maximum Gasteiger partial charge on any atom is 0.266 e. The Morgan fingerprint density at radius 1 is 1.09 bits per heavy atom. The van der Waals surface area contributed by atoms with Crippen LogP contribution < -0.4 is 15.8 Å². The van der Waals surface area contributed by atoms with E-state index >= 15 is 0 Å². The number of fused-ring (bicyclic) bond motifs is 2. The summed E-state index contributed by atoms with van der Waals surface area (Å²) in [7, 11) is 0. The summed E-state index contributed by atoms with van der Waals surface area (Å²) >= 11 is 1.79. The van der Waals surface area contributed by atoms with Crippen LogP contribution in [0, 0.1) is 25.2 Å². The maximum atomic E-state index is 12.4. The second-order valence-electron chi connectivity index (χ2n) is 8.06. The Morgan fingerprint density at radius 2 is 1.73 bits per heavy atom. The first-order valence-corrected chi connectivity index (χ1v) is 11.8. The maximum absolute atomic E-state index is 12.4. The lowest BCUT2D eigenvalue weighted by Crippen LogP contribution is -2.29. The van der Waals surface area contributed by atoms with E-state index in [4.69, 9.17) is 0 Å². The normalized spacial score (nSPS) is 12.0. The standard InChI is InChI=1S/C26H26N4O2S/c1-17-19(18(2)29-26(32)20(17)16-27)12-13-25(31)28-14-7-15-30-21-8-3-5-10-23(21)33-24-11-6-4-9-22(24)30/h3-6,8-11H,7,12-15H2,1-2H3,(H,28,31)(H,29,32). The van der Waals surface area contributed by atoms with Crippen molar-refractivity contribution in [3.8, 4) is 6.07 Å². The van der Waals surface area contributed by atoms with Gasteiger partial charge in [-0.2, -0.15) is 5.26 Å². The number of H-pyrrole nitrogens is 1. The number of amides is 1. The van der Waals surface area contributed by atoms with E-state index in [9.17, 15) is 14.9 Å². The summed E-state index contributed by atoms with van der Waals surface area (Å²) in [4.78, 5) is 31.8. The summed E-state index contributed by atoms with van der Waals surface area (Å²) in [6.07, 6.45) is 1.61. The van der Waals surface area contributed by atoms with E-state index in [2.05, 4.69) is 63.7 Å². The van der Waals surface area contributed by atoms with Gasteiger partial charge in [0.2, 0.25) is 5.91 Å². The molecule has 168 valence electrons. The third kappa shape index (κ3) is 4.81. The lowest BCUT2D eigenvalue weighted by atomic mass is 9.99. The van der Waals surface area contributed by atoms with Crippen molar-refractivity contribution in [2.24, 2.45) is 0 Å². The van der Waals surface area contributed by atoms with Crippen LogP contribution >= 0.6 is 11.8 Å². The third-order valence-corrected chi connectivity index (χ3v) is 7.07. The summed E-state index contributed by atoms with van der Waals surface area (Å²) in [6.45, 7) is 4.95. The first-order valence-electron chi connectivity index (χ1n) is 11.0. The molecule has 0 aliphatic carbocycles. The van der Waals surface area contributed by atoms with Crippen molar-refractivity contribution in [1.82, 2.24) is 10.3 Å². The topological polar surface area (TPSA) is 89.0 Å². The molecule has 4 rings (SSSR count). The molecule has 7 heteroatoms. The highest BCUT2D eigenvalue weighted by Gasteiger charge is 2.22. The number of benzene rings is 2. The molecule has 3 aromatic rings. The van der Waals surface area contributed by atoms with Gasteiger partial charge in [0.25, 0.3) is 5.56 Å². The molecule has 0 unspecified atom stereocenters. The number of anilines is 2. The molecule has 2 N–H and O–H groups in total. The van der Waals surface area contributed by atoms with Crippen LogP contribution in [0.25, 0.3) is 0 Å². The summed E-state index contributed by atoms with van der Waals surface area (Å²) in [5.41, 5.74) is 4.38. The van der Waals surface area contributed by atoms with E-state index in [1.165, 1.54) is 21.2 Å². The second-order valence-corrected chi connectivity index (χ2v) is 9.15. The number of para-hydroxylation sites is 2. The number of aromatic amines is 1. The Balaban J connectivity index is 1.33. The average molecular weight is 459 g/mol. The van der Waals surface area contributed by atoms with Crippen molar-refractivity contribution in [2.45, 2.75) is 42.9 Å². The first kappa shape index (κ1) is 22.7. The van der Waals surface area contributed by atoms with E-state index in [1.54, 1.807) is 25.6 Å². The third-order valence-electron chi connectivity index (χ3n) is 5.93. The summed E-state index contributed by atoms with van der Waals surface area (Å²) in [5, 5.41) is 12.2. The Kier molecular flexibility index (Phi) is 6.85. The van der Waals surface area contributed by atoms with Crippen molar-refractivity contribution in [2.75, 3.05) is 18.0 Å². The largest absolute Gasteiger partial charge is 0.356 e. The highest BCUT2D eigenvalue weighted by molar-refractivity contribution is 7.99. The van der Waals surface area contributed by atoms with Crippen LogP contribution in [0.4, 0.5) is 11.4 Å². The van der Waals surface area contributed by atoms with Gasteiger partial charge in [-0.25, -0.2) is 0 Å². The van der Waals surface area contributed by atoms with Gasteiger partial charge >= 0.3 is 0 Å². The molecule has 0 radical (unpaired) electrons. The number of nitrogens with zero attached hydrogens (tertiary/aromatic N) is 2. The smallest absolute Gasteiger partial charge is 0.266 e. The zero-order chi connectivity index (χ0) is 23.4. The van der Waals surface area contributed by atoms with Gasteiger partial charge in [0.05, 0.1) is 11.4 Å². The van der Waals surface area contributed by atoms with Gasteiger partial charge in [-0.3, -0.25) is 9.59 Å². The molecule has 1 aliphatic rings. The number of hydrogen-bond donors (Lipinski definition) is 2. The SMILES string of the molecule is Cc1[nH]c(=O)c(C#N)c(C)c1CCC(=O)NCCCN1c2ccccc2Sc2ccccc21. The van der Waals surface area contributed by atoms with Crippen molar-refractivity contribution >= 4 is 29.0 Å². The number of aromatic nitrogens is 1. The number of hydrogen-bond acceptors (Lipinski definition) is 5. The van der Waals surface area contributed by atoms with Crippen LogP contribution in [0.15, 0.2) is 63.1 Å². The summed E-state index contributed by atoms with van der Waals surface area (Å²) in [5.74, 6) is -0.0338. The monoisotopic (exact) mass is 458 g/mol. The lowest BCUT2D eigenvalue weighted by molar-refractivity contribution is -0.121. The van der Waals surface area contributed by atoms with E-state index in [1.807, 2.05) is 6.07 Å². The van der Waals surface area contributed by atoms with Crippen molar-refractivity contribution in [3.05, 3.63) is 81.3 Å². The molecule has 2 aromatic carbocycles. The lowest BCUT2D eigenvalue weighted by Gasteiger charge is -2.32. The fourth-order valence-electron chi connectivity index (χ4n) is 4.23. The second kappa shape index (κ2) is 9.97. The molecule has 1 aliphatic heterocycles. The van der Waals surface area contributed by atoms with Gasteiger partial charge in [0, 0.05) is 35.0 Å². The van der Waals surface area contributed by atoms with Gasteiger partial charge in [-0.15, -0.1) is 0 Å². The predicted molar refractivity (Wildman–Crippen MR) is 131 cm³/mol. The van der Waals surface area contributed by atoms with E-state index in [0.29, 0.717) is 30.6 Å². The quantitative estimate of drug-likeness (QED) is 0.505. The van der Waals surface area contributed by atoms with Crippen LogP contribution in [0.1, 0.15) is 35.2 Å². The molecule has 2 heterocycles. The highest BCUT2D eigenvalue weighted by Crippen LogP contribution is 2.47. The number of rotatable bonds is 7. The molecular weight excluding hydrogens is 432 g/mol. The molecule has 6 nitrogen and oxygen atoms in total. The number of pyridine rings is 1. The van der Waals surface area contributed by atoms with Gasteiger partial charge in [0.1, 0.15) is 11.6 Å². The molecule has 0 fully saturated rings. The number of nitriles is 1. The van der Waals surface area contributed by atoms with E-state index in [0.717, 1.165) is 18.5 Å².